The minimum absolute atomic E-state index is 0.236. The van der Waals surface area contributed by atoms with E-state index in [4.69, 9.17) is 9.84 Å². The molecule has 0 aromatic rings. The van der Waals surface area contributed by atoms with Gasteiger partial charge in [0.1, 0.15) is 5.60 Å². The number of carboxylic acids is 1. The fourth-order valence-electron chi connectivity index (χ4n) is 3.13. The lowest BCUT2D eigenvalue weighted by atomic mass is 9.76. The van der Waals surface area contributed by atoms with Gasteiger partial charge in [0, 0.05) is 13.1 Å². The number of carbonyl (C=O) groups excluding carboxylic acids is 1. The molecule has 1 aliphatic heterocycles. The predicted octanol–water partition coefficient (Wildman–Crippen LogP) is 2.35. The molecule has 1 saturated heterocycles. The molecule has 2 rings (SSSR count). The van der Waals surface area contributed by atoms with Crippen molar-refractivity contribution < 1.29 is 19.4 Å². The van der Waals surface area contributed by atoms with Gasteiger partial charge in [-0.25, -0.2) is 4.79 Å². The van der Waals surface area contributed by atoms with E-state index in [0.717, 1.165) is 12.8 Å². The summed E-state index contributed by atoms with van der Waals surface area (Å²) in [6, 6.07) is 0. The highest BCUT2D eigenvalue weighted by molar-refractivity contribution is 5.70. The number of carboxylic acid groups (broad SMARTS) is 1. The number of rotatable bonds is 1. The first-order valence-corrected chi connectivity index (χ1v) is 6.97. The molecule has 1 N–H and O–H groups in total. The molecule has 1 aliphatic carbocycles. The third kappa shape index (κ3) is 3.39. The summed E-state index contributed by atoms with van der Waals surface area (Å²) in [5.41, 5.74) is -0.478. The van der Waals surface area contributed by atoms with Gasteiger partial charge in [-0.3, -0.25) is 4.79 Å². The van der Waals surface area contributed by atoms with E-state index in [9.17, 15) is 9.59 Å². The van der Waals surface area contributed by atoms with Crippen LogP contribution in [0.4, 0.5) is 4.79 Å². The minimum atomic E-state index is -0.700. The number of hydrogen-bond acceptors (Lipinski definition) is 3. The van der Waals surface area contributed by atoms with E-state index in [2.05, 4.69) is 0 Å². The molecule has 0 bridgehead atoms. The Morgan fingerprint density at radius 1 is 1.16 bits per heavy atom. The molecule has 5 heteroatoms. The molecule has 108 valence electrons. The molecule has 1 heterocycles. The van der Waals surface area contributed by atoms with Crippen molar-refractivity contribution in [1.29, 1.82) is 0 Å². The lowest BCUT2D eigenvalue weighted by Crippen LogP contribution is -2.35. The number of likely N-dealkylation sites (tertiary alicyclic amines) is 1. The maximum Gasteiger partial charge on any atom is 0.410 e. The second kappa shape index (κ2) is 5.02. The molecule has 19 heavy (non-hydrogen) atoms. The van der Waals surface area contributed by atoms with Gasteiger partial charge >= 0.3 is 12.1 Å². The number of nitrogens with zero attached hydrogens (tertiary/aromatic N) is 1. The number of fused-ring (bicyclic) bond motifs is 1. The van der Waals surface area contributed by atoms with Crippen LogP contribution in [0, 0.1) is 17.8 Å². The zero-order valence-corrected chi connectivity index (χ0v) is 11.9. The number of amides is 1. The molecule has 0 spiro atoms. The number of ether oxygens (including phenoxy) is 1. The molecule has 1 amide bonds. The van der Waals surface area contributed by atoms with Gasteiger partial charge in [-0.1, -0.05) is 0 Å². The second-order valence-electron chi connectivity index (χ2n) is 6.75. The van der Waals surface area contributed by atoms with Gasteiger partial charge in [-0.15, -0.1) is 0 Å². The number of carbonyl (C=O) groups is 2. The van der Waals surface area contributed by atoms with Crippen LogP contribution < -0.4 is 0 Å². The third-order valence-electron chi connectivity index (χ3n) is 4.05. The van der Waals surface area contributed by atoms with Crippen molar-refractivity contribution in [2.45, 2.75) is 45.6 Å². The van der Waals surface area contributed by atoms with E-state index in [0.29, 0.717) is 31.3 Å². The average Bonchev–Trinajstić information content (AvgIpc) is 2.68. The van der Waals surface area contributed by atoms with Crippen LogP contribution in [0.2, 0.25) is 0 Å². The summed E-state index contributed by atoms with van der Waals surface area (Å²) in [6.07, 6.45) is 2.06. The van der Waals surface area contributed by atoms with Crippen LogP contribution >= 0.6 is 0 Å². The summed E-state index contributed by atoms with van der Waals surface area (Å²) in [6.45, 7) is 6.92. The summed E-state index contributed by atoms with van der Waals surface area (Å²) >= 11 is 0. The smallest absolute Gasteiger partial charge is 0.410 e. The van der Waals surface area contributed by atoms with Crippen molar-refractivity contribution in [3.63, 3.8) is 0 Å². The van der Waals surface area contributed by atoms with Gasteiger partial charge in [0.15, 0.2) is 0 Å². The molecule has 2 fully saturated rings. The van der Waals surface area contributed by atoms with Crippen LogP contribution in [0.1, 0.15) is 40.0 Å². The molecule has 5 nitrogen and oxygen atoms in total. The average molecular weight is 269 g/mol. The van der Waals surface area contributed by atoms with Crippen molar-refractivity contribution in [1.82, 2.24) is 4.90 Å². The molecule has 2 aliphatic rings. The maximum atomic E-state index is 12.0. The maximum absolute atomic E-state index is 12.0. The van der Waals surface area contributed by atoms with Crippen LogP contribution in [0.5, 0.6) is 0 Å². The zero-order valence-electron chi connectivity index (χ0n) is 11.9. The number of aliphatic carboxylic acids is 1. The van der Waals surface area contributed by atoms with E-state index in [-0.39, 0.29) is 12.0 Å². The predicted molar refractivity (Wildman–Crippen MR) is 69.8 cm³/mol. The molecule has 0 radical (unpaired) electrons. The van der Waals surface area contributed by atoms with Crippen LogP contribution in [0.25, 0.3) is 0 Å². The first kappa shape index (κ1) is 14.2. The molecule has 3 atom stereocenters. The van der Waals surface area contributed by atoms with Crippen molar-refractivity contribution in [3.05, 3.63) is 0 Å². The molecule has 1 saturated carbocycles. The normalized spacial score (nSPS) is 30.9. The summed E-state index contributed by atoms with van der Waals surface area (Å²) in [5.74, 6) is -0.167. The quantitative estimate of drug-likeness (QED) is 0.793. The first-order chi connectivity index (χ1) is 8.76. The molecular weight excluding hydrogens is 246 g/mol. The Balaban J connectivity index is 1.92. The van der Waals surface area contributed by atoms with E-state index < -0.39 is 11.6 Å². The Hall–Kier alpha value is -1.26. The fourth-order valence-corrected chi connectivity index (χ4v) is 3.13. The van der Waals surface area contributed by atoms with Gasteiger partial charge in [-0.05, 0) is 51.9 Å². The molecule has 0 aromatic carbocycles. The van der Waals surface area contributed by atoms with E-state index in [1.807, 2.05) is 20.8 Å². The summed E-state index contributed by atoms with van der Waals surface area (Å²) in [5, 5.41) is 9.08. The molecule has 0 unspecified atom stereocenters. The Labute approximate surface area is 113 Å². The van der Waals surface area contributed by atoms with Gasteiger partial charge in [0.25, 0.3) is 0 Å². The van der Waals surface area contributed by atoms with E-state index in [1.165, 1.54) is 0 Å². The Morgan fingerprint density at radius 2 is 1.79 bits per heavy atom. The molecular formula is C14H23NO4. The minimum Gasteiger partial charge on any atom is -0.481 e. The summed E-state index contributed by atoms with van der Waals surface area (Å²) in [4.78, 5) is 24.8. The second-order valence-corrected chi connectivity index (χ2v) is 6.75. The Kier molecular flexibility index (Phi) is 3.74. The monoisotopic (exact) mass is 269 g/mol. The van der Waals surface area contributed by atoms with Crippen LogP contribution in [0.15, 0.2) is 0 Å². The lowest BCUT2D eigenvalue weighted by Gasteiger charge is -2.27. The SMILES string of the molecule is CC(C)(C)OC(=O)N1C[C@H]2CC[C@@H](C(=O)O)C[C@H]2C1. The van der Waals surface area contributed by atoms with Crippen molar-refractivity contribution in [2.75, 3.05) is 13.1 Å². The summed E-state index contributed by atoms with van der Waals surface area (Å²) in [7, 11) is 0. The van der Waals surface area contributed by atoms with Gasteiger partial charge < -0.3 is 14.7 Å². The van der Waals surface area contributed by atoms with Crippen molar-refractivity contribution in [3.8, 4) is 0 Å². The van der Waals surface area contributed by atoms with Crippen LogP contribution in [0.3, 0.4) is 0 Å². The van der Waals surface area contributed by atoms with Crippen LogP contribution in [-0.4, -0.2) is 40.8 Å². The highest BCUT2D eigenvalue weighted by atomic mass is 16.6. The highest BCUT2D eigenvalue weighted by Crippen LogP contribution is 2.39. The van der Waals surface area contributed by atoms with E-state index in [1.54, 1.807) is 4.90 Å². The topological polar surface area (TPSA) is 66.8 Å². The van der Waals surface area contributed by atoms with E-state index >= 15 is 0 Å². The Morgan fingerprint density at radius 3 is 2.37 bits per heavy atom. The van der Waals surface area contributed by atoms with Gasteiger partial charge in [-0.2, -0.15) is 0 Å². The third-order valence-corrected chi connectivity index (χ3v) is 4.05. The highest BCUT2D eigenvalue weighted by Gasteiger charge is 2.42. The van der Waals surface area contributed by atoms with Crippen LogP contribution in [-0.2, 0) is 9.53 Å². The summed E-state index contributed by atoms with van der Waals surface area (Å²) < 4.78 is 5.37. The van der Waals surface area contributed by atoms with Crippen molar-refractivity contribution in [2.24, 2.45) is 17.8 Å². The lowest BCUT2D eigenvalue weighted by molar-refractivity contribution is -0.143. The fraction of sp³-hybridized carbons (Fsp3) is 0.857. The largest absolute Gasteiger partial charge is 0.481 e. The van der Waals surface area contributed by atoms with Gasteiger partial charge in [0.2, 0.25) is 0 Å². The molecule has 0 aromatic heterocycles. The first-order valence-electron chi connectivity index (χ1n) is 6.97. The standard InChI is InChI=1S/C14H23NO4/c1-14(2,3)19-13(18)15-7-10-5-4-9(12(16)17)6-11(10)8-15/h9-11H,4-8H2,1-3H3,(H,16,17)/t9-,10-,11+/m1/s1. The zero-order chi connectivity index (χ0) is 14.2. The Bertz CT molecular complexity index is 374. The number of hydrogen-bond donors (Lipinski definition) is 1. The van der Waals surface area contributed by atoms with Crippen molar-refractivity contribution >= 4 is 12.1 Å². The van der Waals surface area contributed by atoms with Gasteiger partial charge in [0.05, 0.1) is 5.92 Å².